The third kappa shape index (κ3) is 7.29. The lowest BCUT2D eigenvalue weighted by Gasteiger charge is -2.15. The van der Waals surface area contributed by atoms with E-state index in [1.807, 2.05) is 6.92 Å². The van der Waals surface area contributed by atoms with Crippen LogP contribution in [0.3, 0.4) is 0 Å². The number of nitrogens with zero attached hydrogens (tertiary/aromatic N) is 3. The fourth-order valence-electron chi connectivity index (χ4n) is 5.19. The molecule has 1 unspecified atom stereocenters. The molecule has 2 N–H and O–H groups in total. The van der Waals surface area contributed by atoms with Gasteiger partial charge < -0.3 is 14.5 Å². The molecule has 4 aromatic rings. The number of aromatic nitrogens is 4. The smallest absolute Gasteiger partial charge is 0.338 e. The summed E-state index contributed by atoms with van der Waals surface area (Å²) >= 11 is 0. The van der Waals surface area contributed by atoms with Crippen LogP contribution in [0.1, 0.15) is 94.0 Å². The zero-order valence-corrected chi connectivity index (χ0v) is 26.8. The van der Waals surface area contributed by atoms with E-state index in [4.69, 9.17) is 19.6 Å². The van der Waals surface area contributed by atoms with Crippen molar-refractivity contribution in [1.82, 2.24) is 19.6 Å². The van der Waals surface area contributed by atoms with Gasteiger partial charge in [0.1, 0.15) is 11.6 Å². The van der Waals surface area contributed by atoms with Gasteiger partial charge in [-0.1, -0.05) is 45.6 Å². The number of aromatic amines is 1. The van der Waals surface area contributed by atoms with E-state index in [1.165, 1.54) is 36.8 Å². The number of hydrogen-bond donors (Lipinski definition) is 2. The van der Waals surface area contributed by atoms with Gasteiger partial charge in [0.15, 0.2) is 11.3 Å². The fourth-order valence-corrected chi connectivity index (χ4v) is 6.27. The highest BCUT2D eigenvalue weighted by Gasteiger charge is 2.24. The van der Waals surface area contributed by atoms with E-state index in [1.54, 1.807) is 30.5 Å². The van der Waals surface area contributed by atoms with Gasteiger partial charge in [0.25, 0.3) is 15.6 Å². The highest BCUT2D eigenvalue weighted by molar-refractivity contribution is 7.92. The maximum Gasteiger partial charge on any atom is 0.338 e. The van der Waals surface area contributed by atoms with Crippen LogP contribution in [0.2, 0.25) is 0 Å². The number of nitrogens with one attached hydrogen (secondary N) is 2. The van der Waals surface area contributed by atoms with Crippen LogP contribution in [0.15, 0.2) is 52.2 Å². The van der Waals surface area contributed by atoms with Crippen LogP contribution in [-0.4, -0.2) is 47.2 Å². The van der Waals surface area contributed by atoms with Gasteiger partial charge in [-0.3, -0.25) is 9.52 Å². The summed E-state index contributed by atoms with van der Waals surface area (Å²) in [6.45, 7) is 10.1. The molecule has 0 spiro atoms. The minimum absolute atomic E-state index is 0.0790. The second-order valence-electron chi connectivity index (χ2n) is 10.6. The lowest BCUT2D eigenvalue weighted by atomic mass is 9.97. The maximum absolute atomic E-state index is 13.5. The molecule has 44 heavy (non-hydrogen) atoms. The van der Waals surface area contributed by atoms with Gasteiger partial charge in [0.2, 0.25) is 0 Å². The van der Waals surface area contributed by atoms with Crippen LogP contribution in [0.25, 0.3) is 16.9 Å². The Bertz CT molecular complexity index is 1780. The van der Waals surface area contributed by atoms with Gasteiger partial charge >= 0.3 is 5.97 Å². The number of imidazole rings is 1. The summed E-state index contributed by atoms with van der Waals surface area (Å²) in [5.74, 6) is 0.800. The molecule has 4 rings (SSSR count). The predicted molar refractivity (Wildman–Crippen MR) is 170 cm³/mol. The van der Waals surface area contributed by atoms with Gasteiger partial charge in [-0.15, -0.1) is 5.10 Å². The average molecular weight is 624 g/mol. The van der Waals surface area contributed by atoms with Gasteiger partial charge in [0.05, 0.1) is 34.9 Å². The summed E-state index contributed by atoms with van der Waals surface area (Å²) in [7, 11) is -4.12. The molecule has 0 aliphatic heterocycles. The molecule has 11 nitrogen and oxygen atoms in total. The van der Waals surface area contributed by atoms with Crippen LogP contribution < -0.4 is 15.0 Å². The van der Waals surface area contributed by atoms with Crippen LogP contribution >= 0.6 is 0 Å². The number of carbonyl (C=O) groups excluding carboxylic acids is 1. The number of benzene rings is 2. The van der Waals surface area contributed by atoms with Crippen molar-refractivity contribution in [1.29, 1.82) is 0 Å². The van der Waals surface area contributed by atoms with Crippen molar-refractivity contribution in [2.24, 2.45) is 0 Å². The van der Waals surface area contributed by atoms with E-state index >= 15 is 0 Å². The molecule has 12 heteroatoms. The molecule has 0 aliphatic rings. The molecule has 0 fully saturated rings. The van der Waals surface area contributed by atoms with Crippen LogP contribution in [-0.2, 0) is 14.8 Å². The summed E-state index contributed by atoms with van der Waals surface area (Å²) in [6, 6.07) is 10.4. The normalized spacial score (nSPS) is 12.3. The Morgan fingerprint density at radius 2 is 1.84 bits per heavy atom. The third-order valence-electron chi connectivity index (χ3n) is 7.41. The van der Waals surface area contributed by atoms with E-state index < -0.39 is 16.0 Å². The second kappa shape index (κ2) is 14.5. The summed E-state index contributed by atoms with van der Waals surface area (Å²) in [5, 5.41) is 4.79. The first-order valence-electron chi connectivity index (χ1n) is 15.2. The number of hydrogen-bond acceptors (Lipinski definition) is 8. The van der Waals surface area contributed by atoms with Gasteiger partial charge in [0, 0.05) is 11.6 Å². The number of sulfonamides is 1. The lowest BCUT2D eigenvalue weighted by Crippen LogP contribution is -2.17. The zero-order valence-electron chi connectivity index (χ0n) is 26.0. The molecular weight excluding hydrogens is 582 g/mol. The number of rotatable bonds is 15. The molecule has 0 saturated heterocycles. The number of fused-ring (bicyclic) bond motifs is 1. The number of H-pyrrole nitrogens is 1. The van der Waals surface area contributed by atoms with Crippen molar-refractivity contribution in [2.75, 3.05) is 17.9 Å². The Morgan fingerprint density at radius 3 is 2.55 bits per heavy atom. The summed E-state index contributed by atoms with van der Waals surface area (Å²) in [6.07, 6.45) is 6.28. The van der Waals surface area contributed by atoms with Gasteiger partial charge in [-0.2, -0.15) is 0 Å². The largest absolute Gasteiger partial charge is 0.493 e. The quantitative estimate of drug-likeness (QED) is 0.117. The minimum atomic E-state index is -4.12. The molecule has 236 valence electrons. The second-order valence-corrected chi connectivity index (χ2v) is 12.3. The monoisotopic (exact) mass is 623 g/mol. The molecule has 1 atom stereocenters. The summed E-state index contributed by atoms with van der Waals surface area (Å²) in [4.78, 5) is 33.0. The number of anilines is 1. The molecule has 0 radical (unpaired) electrons. The van der Waals surface area contributed by atoms with E-state index in [9.17, 15) is 18.0 Å². The fraction of sp³-hybridized carbons (Fsp3) is 0.438. The molecule has 0 saturated carbocycles. The van der Waals surface area contributed by atoms with Crippen molar-refractivity contribution >= 4 is 27.2 Å². The van der Waals surface area contributed by atoms with Crippen LogP contribution in [0.5, 0.6) is 5.75 Å². The predicted octanol–water partition coefficient (Wildman–Crippen LogP) is 6.23. The average Bonchev–Trinajstić information content (AvgIpc) is 3.33. The van der Waals surface area contributed by atoms with Crippen molar-refractivity contribution < 1.29 is 22.7 Å². The first-order valence-corrected chi connectivity index (χ1v) is 16.7. The zero-order chi connectivity index (χ0) is 31.9. The molecule has 0 bridgehead atoms. The molecule has 2 aromatic heterocycles. The molecule has 0 amide bonds. The molecule has 2 aromatic carbocycles. The number of unbranched alkanes of at least 4 members (excludes halogenated alkanes) is 3. The van der Waals surface area contributed by atoms with Crippen molar-refractivity contribution in [3.63, 3.8) is 0 Å². The standard InChI is InChI=1S/C32H41N5O6S/c1-6-10-11-12-14-22(7-2)30-33-21(5)28-31(38)34-29(35-37(28)30)26-20-25(17-18-27(26)42-8-3)44(40,41)36-24-16-13-15-23(19-24)32(39)43-9-4/h13,15-20,22,36H,6-12,14H2,1-5H3,(H,34,35,38). The molecule has 0 aliphatic carbocycles. The van der Waals surface area contributed by atoms with E-state index in [2.05, 4.69) is 23.6 Å². The topological polar surface area (TPSA) is 145 Å². The molecular formula is C32H41N5O6S. The molecule has 2 heterocycles. The van der Waals surface area contributed by atoms with Crippen molar-refractivity contribution in [2.45, 2.75) is 84.0 Å². The van der Waals surface area contributed by atoms with Crippen molar-refractivity contribution in [3.05, 3.63) is 69.9 Å². The van der Waals surface area contributed by atoms with E-state index in [-0.39, 0.29) is 40.1 Å². The Labute approximate surface area is 258 Å². The Balaban J connectivity index is 1.76. The Hall–Kier alpha value is -4.19. The highest BCUT2D eigenvalue weighted by Crippen LogP contribution is 2.32. The third-order valence-corrected chi connectivity index (χ3v) is 8.79. The van der Waals surface area contributed by atoms with Crippen molar-refractivity contribution in [3.8, 4) is 17.1 Å². The first kappa shape index (κ1) is 32.7. The van der Waals surface area contributed by atoms with Crippen LogP contribution in [0.4, 0.5) is 5.69 Å². The summed E-state index contributed by atoms with van der Waals surface area (Å²) in [5.41, 5.74) is 1.29. The lowest BCUT2D eigenvalue weighted by molar-refractivity contribution is 0.0526. The SMILES string of the molecule is CCCCCCC(CC)c1nc(C)c2c(=O)[nH]c(-c3cc(S(=O)(=O)Nc4cccc(C(=O)OCC)c4)ccc3OCC)nn12. The Morgan fingerprint density at radius 1 is 1.05 bits per heavy atom. The number of carbonyl (C=O) groups is 1. The van der Waals surface area contributed by atoms with E-state index in [0.717, 1.165) is 32.1 Å². The maximum atomic E-state index is 13.5. The first-order chi connectivity index (χ1) is 21.1. The van der Waals surface area contributed by atoms with E-state index in [0.29, 0.717) is 35.0 Å². The number of ether oxygens (including phenoxy) is 2. The van der Waals surface area contributed by atoms with Crippen LogP contribution in [0, 0.1) is 6.92 Å². The van der Waals surface area contributed by atoms with Gasteiger partial charge in [-0.25, -0.2) is 22.7 Å². The number of esters is 1. The summed E-state index contributed by atoms with van der Waals surface area (Å²) < 4.78 is 42.0. The Kier molecular flexibility index (Phi) is 10.8. The van der Waals surface area contributed by atoms with Gasteiger partial charge in [-0.05, 0) is 70.0 Å². The minimum Gasteiger partial charge on any atom is -0.493 e. The highest BCUT2D eigenvalue weighted by atomic mass is 32.2. The number of aryl methyl sites for hydroxylation is 1.